The van der Waals surface area contributed by atoms with Gasteiger partial charge in [0, 0.05) is 11.3 Å². The van der Waals surface area contributed by atoms with Crippen LogP contribution in [-0.2, 0) is 14.3 Å². The van der Waals surface area contributed by atoms with Gasteiger partial charge in [-0.1, -0.05) is 0 Å². The number of hydrogen-bond acceptors (Lipinski definition) is 6. The number of carbonyl (C=O) groups is 3. The minimum Gasteiger partial charge on any atom is -0.480 e. The fraction of sp³-hybridized carbons (Fsp3) is 0.455. The maximum absolute atomic E-state index is 11.5. The first-order valence-corrected chi connectivity index (χ1v) is 6.78. The van der Waals surface area contributed by atoms with Gasteiger partial charge < -0.3 is 9.84 Å². The summed E-state index contributed by atoms with van der Waals surface area (Å²) in [4.78, 5) is 37.1. The van der Waals surface area contributed by atoms with Crippen molar-refractivity contribution in [2.75, 3.05) is 18.5 Å². The predicted molar refractivity (Wildman–Crippen MR) is 69.7 cm³/mol. The van der Waals surface area contributed by atoms with Gasteiger partial charge in [0.25, 0.3) is 5.91 Å². The average molecular weight is 299 g/mol. The monoisotopic (exact) mass is 299 g/mol. The third-order valence-corrected chi connectivity index (χ3v) is 3.23. The van der Waals surface area contributed by atoms with Crippen LogP contribution in [0.1, 0.15) is 24.5 Å². The molecule has 108 valence electrons. The summed E-state index contributed by atoms with van der Waals surface area (Å²) in [6.07, 6.45) is 2.24. The molecule has 0 unspecified atom stereocenters. The van der Waals surface area contributed by atoms with Crippen molar-refractivity contribution < 1.29 is 24.2 Å². The van der Waals surface area contributed by atoms with Crippen LogP contribution in [0.25, 0.3) is 0 Å². The fourth-order valence-corrected chi connectivity index (χ4v) is 2.22. The molecule has 1 saturated carbocycles. The Morgan fingerprint density at radius 1 is 1.40 bits per heavy atom. The molecule has 2 rings (SSSR count). The molecule has 1 fully saturated rings. The van der Waals surface area contributed by atoms with E-state index in [9.17, 15) is 14.4 Å². The summed E-state index contributed by atoms with van der Waals surface area (Å²) in [5, 5.41) is 15.1. The van der Waals surface area contributed by atoms with Crippen molar-refractivity contribution in [3.05, 3.63) is 11.1 Å². The molecule has 8 nitrogen and oxygen atoms in total. The van der Waals surface area contributed by atoms with Gasteiger partial charge >= 0.3 is 12.0 Å². The van der Waals surface area contributed by atoms with Crippen molar-refractivity contribution in [2.45, 2.75) is 18.8 Å². The molecule has 0 aliphatic heterocycles. The summed E-state index contributed by atoms with van der Waals surface area (Å²) in [6.45, 7) is -1.09. The van der Waals surface area contributed by atoms with Crippen LogP contribution in [0, 0.1) is 0 Å². The molecular formula is C11H13N3O5S. The van der Waals surface area contributed by atoms with Crippen molar-refractivity contribution >= 4 is 34.4 Å². The molecule has 3 amide bonds. The lowest BCUT2D eigenvalue weighted by molar-refractivity contribution is -0.143. The molecule has 20 heavy (non-hydrogen) atoms. The molecule has 0 spiro atoms. The molecule has 1 heterocycles. The number of nitrogens with one attached hydrogen (secondary N) is 2. The van der Waals surface area contributed by atoms with Gasteiger partial charge in [-0.25, -0.2) is 14.6 Å². The van der Waals surface area contributed by atoms with Gasteiger partial charge in [-0.2, -0.15) is 0 Å². The first-order valence-electron chi connectivity index (χ1n) is 5.90. The number of carboxylic acids is 1. The molecule has 0 atom stereocenters. The lowest BCUT2D eigenvalue weighted by atomic mass is 10.3. The SMILES string of the molecule is O=C(O)COCC(=O)NC(=O)Nc1nc(C2CC2)cs1. The number of carbonyl (C=O) groups excluding carboxylic acids is 2. The molecule has 3 N–H and O–H groups in total. The predicted octanol–water partition coefficient (Wildman–Crippen LogP) is 0.770. The minimum absolute atomic E-state index is 0.420. The van der Waals surface area contributed by atoms with E-state index < -0.39 is 31.1 Å². The van der Waals surface area contributed by atoms with Crippen LogP contribution in [0.2, 0.25) is 0 Å². The molecule has 0 bridgehead atoms. The number of anilines is 1. The van der Waals surface area contributed by atoms with E-state index in [1.165, 1.54) is 11.3 Å². The van der Waals surface area contributed by atoms with Crippen LogP contribution in [0.15, 0.2) is 5.38 Å². The molecule has 0 aromatic carbocycles. The molecule has 0 saturated heterocycles. The average Bonchev–Trinajstić information content (AvgIpc) is 3.10. The number of amides is 3. The number of thiazole rings is 1. The number of hydrogen-bond donors (Lipinski definition) is 3. The number of carboxylic acid groups (broad SMARTS) is 1. The maximum Gasteiger partial charge on any atom is 0.329 e. The van der Waals surface area contributed by atoms with Crippen LogP contribution in [0.4, 0.5) is 9.93 Å². The number of urea groups is 1. The topological polar surface area (TPSA) is 118 Å². The van der Waals surface area contributed by atoms with Crippen LogP contribution in [0.3, 0.4) is 0 Å². The Labute approximate surface area is 118 Å². The second-order valence-electron chi connectivity index (χ2n) is 4.24. The Kier molecular flexibility index (Phi) is 4.64. The zero-order chi connectivity index (χ0) is 14.5. The van der Waals surface area contributed by atoms with Gasteiger partial charge in [0.2, 0.25) is 0 Å². The summed E-state index contributed by atoms with van der Waals surface area (Å²) < 4.78 is 4.55. The Balaban J connectivity index is 1.70. The highest BCUT2D eigenvalue weighted by Crippen LogP contribution is 2.40. The Morgan fingerprint density at radius 3 is 2.80 bits per heavy atom. The largest absolute Gasteiger partial charge is 0.480 e. The summed E-state index contributed by atoms with van der Waals surface area (Å²) in [5.74, 6) is -1.41. The number of ether oxygens (including phenoxy) is 1. The standard InChI is InChI=1S/C11H13N3O5S/c15-8(3-19-4-9(16)17)13-10(18)14-11-12-7(5-20-11)6-1-2-6/h5-6H,1-4H2,(H,16,17)(H2,12,13,14,15,18). The van der Waals surface area contributed by atoms with Crippen molar-refractivity contribution in [2.24, 2.45) is 0 Å². The first kappa shape index (κ1) is 14.4. The third-order valence-electron chi connectivity index (χ3n) is 2.45. The summed E-state index contributed by atoms with van der Waals surface area (Å²) in [7, 11) is 0. The maximum atomic E-state index is 11.5. The zero-order valence-corrected chi connectivity index (χ0v) is 11.2. The highest BCUT2D eigenvalue weighted by atomic mass is 32.1. The first-order chi connectivity index (χ1) is 9.54. The second kappa shape index (κ2) is 6.44. The third kappa shape index (κ3) is 4.59. The molecular weight excluding hydrogens is 286 g/mol. The Morgan fingerprint density at radius 2 is 2.15 bits per heavy atom. The van der Waals surface area contributed by atoms with Crippen molar-refractivity contribution in [3.8, 4) is 0 Å². The number of aliphatic carboxylic acids is 1. The fourth-order valence-electron chi connectivity index (χ4n) is 1.43. The van der Waals surface area contributed by atoms with E-state index in [4.69, 9.17) is 5.11 Å². The van der Waals surface area contributed by atoms with Gasteiger partial charge in [0.05, 0.1) is 5.69 Å². The molecule has 1 aromatic heterocycles. The summed E-state index contributed by atoms with van der Waals surface area (Å²) in [6, 6.07) is -0.717. The van der Waals surface area contributed by atoms with Crippen LogP contribution < -0.4 is 10.6 Å². The molecule has 1 aromatic rings. The lowest BCUT2D eigenvalue weighted by Gasteiger charge is -2.04. The van der Waals surface area contributed by atoms with Crippen LogP contribution >= 0.6 is 11.3 Å². The van der Waals surface area contributed by atoms with Gasteiger partial charge in [0.1, 0.15) is 13.2 Å². The zero-order valence-electron chi connectivity index (χ0n) is 10.4. The van der Waals surface area contributed by atoms with Crippen molar-refractivity contribution in [1.82, 2.24) is 10.3 Å². The van der Waals surface area contributed by atoms with E-state index in [1.807, 2.05) is 10.7 Å². The van der Waals surface area contributed by atoms with E-state index in [2.05, 4.69) is 15.0 Å². The van der Waals surface area contributed by atoms with Crippen molar-refractivity contribution in [1.29, 1.82) is 0 Å². The highest BCUT2D eigenvalue weighted by molar-refractivity contribution is 7.13. The number of imide groups is 1. The van der Waals surface area contributed by atoms with Gasteiger partial charge in [-0.15, -0.1) is 11.3 Å². The van der Waals surface area contributed by atoms with Gasteiger partial charge in [0.15, 0.2) is 5.13 Å². The normalized spacial score (nSPS) is 13.8. The molecule has 1 aliphatic rings. The smallest absolute Gasteiger partial charge is 0.329 e. The van der Waals surface area contributed by atoms with Crippen LogP contribution in [-0.4, -0.2) is 41.2 Å². The number of rotatable bonds is 6. The van der Waals surface area contributed by atoms with Crippen LogP contribution in [0.5, 0.6) is 0 Å². The number of aromatic nitrogens is 1. The van der Waals surface area contributed by atoms with E-state index in [-0.39, 0.29) is 0 Å². The molecule has 9 heteroatoms. The Hall–Kier alpha value is -2.00. The second-order valence-corrected chi connectivity index (χ2v) is 5.10. The minimum atomic E-state index is -1.18. The molecule has 1 aliphatic carbocycles. The van der Waals surface area contributed by atoms with Crippen molar-refractivity contribution in [3.63, 3.8) is 0 Å². The van der Waals surface area contributed by atoms with E-state index in [1.54, 1.807) is 0 Å². The number of nitrogens with zero attached hydrogens (tertiary/aromatic N) is 1. The molecule has 0 radical (unpaired) electrons. The van der Waals surface area contributed by atoms with E-state index in [0.29, 0.717) is 11.0 Å². The Bertz CT molecular complexity index is 526. The van der Waals surface area contributed by atoms with Gasteiger partial charge in [-0.05, 0) is 12.8 Å². The summed E-state index contributed by atoms with van der Waals surface area (Å²) in [5.41, 5.74) is 0.960. The summed E-state index contributed by atoms with van der Waals surface area (Å²) >= 11 is 1.29. The van der Waals surface area contributed by atoms with E-state index in [0.717, 1.165) is 18.5 Å². The van der Waals surface area contributed by atoms with E-state index >= 15 is 0 Å². The highest BCUT2D eigenvalue weighted by Gasteiger charge is 2.26. The quantitative estimate of drug-likeness (QED) is 0.714. The lowest BCUT2D eigenvalue weighted by Crippen LogP contribution is -2.37. The van der Waals surface area contributed by atoms with Gasteiger partial charge in [-0.3, -0.25) is 15.4 Å².